The van der Waals surface area contributed by atoms with Crippen molar-refractivity contribution in [2.45, 2.75) is 51.1 Å². The van der Waals surface area contributed by atoms with Crippen LogP contribution in [-0.2, 0) is 19.5 Å². The van der Waals surface area contributed by atoms with Crippen molar-refractivity contribution < 1.29 is 4.79 Å². The zero-order chi connectivity index (χ0) is 22.6. The van der Waals surface area contributed by atoms with Gasteiger partial charge in [0.15, 0.2) is 11.3 Å². The van der Waals surface area contributed by atoms with Crippen molar-refractivity contribution in [1.29, 1.82) is 5.26 Å². The zero-order valence-electron chi connectivity index (χ0n) is 18.0. The minimum atomic E-state index is -0.300. The molecule has 4 heterocycles. The Morgan fingerprint density at radius 2 is 2.12 bits per heavy atom. The smallest absolute Gasteiger partial charge is 0.273 e. The number of carbonyl (C=O) groups excluding carboxylic acids is 1. The number of nitriles is 1. The van der Waals surface area contributed by atoms with Gasteiger partial charge in [0.1, 0.15) is 11.8 Å². The maximum atomic E-state index is 12.3. The molecule has 1 aliphatic carbocycles. The van der Waals surface area contributed by atoms with Gasteiger partial charge in [-0.15, -0.1) is 10.2 Å². The van der Waals surface area contributed by atoms with E-state index >= 15 is 0 Å². The Bertz CT molecular complexity index is 1310. The summed E-state index contributed by atoms with van der Waals surface area (Å²) in [6.45, 7) is 0.977. The van der Waals surface area contributed by atoms with Gasteiger partial charge < -0.3 is 10.3 Å². The highest BCUT2D eigenvalue weighted by Gasteiger charge is 2.25. The van der Waals surface area contributed by atoms with Crippen LogP contribution in [0.5, 0.6) is 0 Å². The van der Waals surface area contributed by atoms with Gasteiger partial charge in [-0.2, -0.15) is 10.4 Å². The van der Waals surface area contributed by atoms with Crippen molar-refractivity contribution in [2.75, 3.05) is 0 Å². The first kappa shape index (κ1) is 20.8. The van der Waals surface area contributed by atoms with Gasteiger partial charge in [0.05, 0.1) is 11.9 Å². The molecule has 1 amide bonds. The maximum Gasteiger partial charge on any atom is 0.273 e. The highest BCUT2D eigenvalue weighted by atomic mass is 16.2. The first-order valence-electron chi connectivity index (χ1n) is 11.1. The minimum Gasteiger partial charge on any atom is -0.346 e. The Hall–Kier alpha value is -4.13. The van der Waals surface area contributed by atoms with E-state index in [4.69, 9.17) is 5.26 Å². The van der Waals surface area contributed by atoms with Crippen molar-refractivity contribution in [3.63, 3.8) is 0 Å². The molecular formula is C23H23N9O. The molecule has 0 bridgehead atoms. The topological polar surface area (TPSA) is 138 Å². The summed E-state index contributed by atoms with van der Waals surface area (Å²) in [5.74, 6) is 0.372. The van der Waals surface area contributed by atoms with Crippen LogP contribution in [-0.4, -0.2) is 41.1 Å². The fourth-order valence-corrected chi connectivity index (χ4v) is 3.69. The standard InChI is InChI=1S/C23H23N9O/c24-11-19-7-4-15(12-25-19)13-26-23(33)21-14-32(31-29-21)8-2-1-3-18-9-17-10-20(16-5-6-16)27-22(17)30-28-18/h4,7,9-10,12,14,16H,1-3,5-6,8,13H2,(H,26,33)(H,27,30). The third-order valence-corrected chi connectivity index (χ3v) is 5.70. The lowest BCUT2D eigenvalue weighted by Crippen LogP contribution is -2.23. The number of nitrogens with zero attached hydrogens (tertiary/aromatic N) is 7. The predicted molar refractivity (Wildman–Crippen MR) is 119 cm³/mol. The van der Waals surface area contributed by atoms with E-state index in [0.29, 0.717) is 24.7 Å². The van der Waals surface area contributed by atoms with Crippen LogP contribution in [0.1, 0.15) is 64.7 Å². The number of H-pyrrole nitrogens is 1. The highest BCUT2D eigenvalue weighted by Crippen LogP contribution is 2.40. The molecule has 33 heavy (non-hydrogen) atoms. The van der Waals surface area contributed by atoms with Crippen LogP contribution in [0.2, 0.25) is 0 Å². The summed E-state index contributed by atoms with van der Waals surface area (Å²) in [5.41, 5.74) is 4.54. The van der Waals surface area contributed by atoms with Crippen LogP contribution in [0.25, 0.3) is 11.0 Å². The van der Waals surface area contributed by atoms with Crippen LogP contribution in [0.15, 0.2) is 36.7 Å². The number of aromatic nitrogens is 7. The number of aromatic amines is 1. The molecule has 4 aromatic heterocycles. The molecule has 0 radical (unpaired) electrons. The number of unbranched alkanes of at least 4 members (excludes halogenated alkanes) is 1. The van der Waals surface area contributed by atoms with Crippen molar-refractivity contribution in [1.82, 2.24) is 40.5 Å². The normalized spacial score (nSPS) is 13.2. The van der Waals surface area contributed by atoms with Gasteiger partial charge in [0.2, 0.25) is 0 Å². The molecule has 0 saturated heterocycles. The second-order valence-corrected chi connectivity index (χ2v) is 8.31. The molecule has 1 saturated carbocycles. The molecule has 4 aromatic rings. The maximum absolute atomic E-state index is 12.3. The van der Waals surface area contributed by atoms with E-state index in [2.05, 4.69) is 47.9 Å². The highest BCUT2D eigenvalue weighted by molar-refractivity contribution is 5.91. The molecule has 0 unspecified atom stereocenters. The van der Waals surface area contributed by atoms with Crippen LogP contribution in [0, 0.1) is 11.3 Å². The molecule has 0 spiro atoms. The van der Waals surface area contributed by atoms with Crippen molar-refractivity contribution >= 4 is 16.9 Å². The molecule has 5 rings (SSSR count). The van der Waals surface area contributed by atoms with Gasteiger partial charge in [0.25, 0.3) is 5.91 Å². The molecule has 166 valence electrons. The van der Waals surface area contributed by atoms with Gasteiger partial charge in [-0.1, -0.05) is 11.3 Å². The second kappa shape index (κ2) is 9.16. The SMILES string of the molecule is N#Cc1ccc(CNC(=O)c2cn(CCCCc3cc4cc(C5CC5)[nH]c4nn3)nn2)cn1. The first-order valence-corrected chi connectivity index (χ1v) is 11.1. The summed E-state index contributed by atoms with van der Waals surface area (Å²) in [6, 6.07) is 9.65. The Morgan fingerprint density at radius 1 is 1.21 bits per heavy atom. The van der Waals surface area contributed by atoms with E-state index in [0.717, 1.165) is 41.6 Å². The summed E-state index contributed by atoms with van der Waals surface area (Å²) in [5, 5.41) is 29.4. The number of nitrogens with one attached hydrogen (secondary N) is 2. The van der Waals surface area contributed by atoms with E-state index in [1.807, 2.05) is 6.07 Å². The van der Waals surface area contributed by atoms with Crippen LogP contribution < -0.4 is 5.32 Å². The zero-order valence-corrected chi connectivity index (χ0v) is 18.0. The summed E-state index contributed by atoms with van der Waals surface area (Å²) in [7, 11) is 0. The van der Waals surface area contributed by atoms with E-state index in [9.17, 15) is 4.79 Å². The Morgan fingerprint density at radius 3 is 2.91 bits per heavy atom. The fourth-order valence-electron chi connectivity index (χ4n) is 3.69. The number of hydrogen-bond donors (Lipinski definition) is 2. The molecule has 10 heteroatoms. The van der Waals surface area contributed by atoms with Crippen molar-refractivity contribution in [2.24, 2.45) is 0 Å². The number of carbonyl (C=O) groups is 1. The fraction of sp³-hybridized carbons (Fsp3) is 0.348. The van der Waals surface area contributed by atoms with Gasteiger partial charge in [-0.25, -0.2) is 4.98 Å². The number of hydrogen-bond acceptors (Lipinski definition) is 7. The van der Waals surface area contributed by atoms with E-state index < -0.39 is 0 Å². The van der Waals surface area contributed by atoms with Gasteiger partial charge >= 0.3 is 0 Å². The molecule has 10 nitrogen and oxygen atoms in total. The summed E-state index contributed by atoms with van der Waals surface area (Å²) in [4.78, 5) is 19.7. The average molecular weight is 441 g/mol. The number of pyridine rings is 1. The third-order valence-electron chi connectivity index (χ3n) is 5.70. The molecule has 0 atom stereocenters. The summed E-state index contributed by atoms with van der Waals surface area (Å²) in [6.07, 6.45) is 8.40. The molecule has 0 aliphatic heterocycles. The lowest BCUT2D eigenvalue weighted by Gasteiger charge is -2.03. The minimum absolute atomic E-state index is 0.270. The summed E-state index contributed by atoms with van der Waals surface area (Å²) >= 11 is 0. The number of rotatable bonds is 9. The predicted octanol–water partition coefficient (Wildman–Crippen LogP) is 2.65. The van der Waals surface area contributed by atoms with Gasteiger partial charge in [0, 0.05) is 30.4 Å². The number of aryl methyl sites for hydroxylation is 2. The van der Waals surface area contributed by atoms with E-state index in [1.54, 1.807) is 29.2 Å². The molecule has 1 aliphatic rings. The van der Waals surface area contributed by atoms with Crippen LogP contribution in [0.3, 0.4) is 0 Å². The molecular weight excluding hydrogens is 418 g/mol. The van der Waals surface area contributed by atoms with Gasteiger partial charge in [-0.3, -0.25) is 9.48 Å². The van der Waals surface area contributed by atoms with E-state index in [1.165, 1.54) is 18.5 Å². The van der Waals surface area contributed by atoms with Crippen molar-refractivity contribution in [3.8, 4) is 6.07 Å². The Labute approximate surface area is 190 Å². The van der Waals surface area contributed by atoms with E-state index in [-0.39, 0.29) is 11.6 Å². The lowest BCUT2D eigenvalue weighted by atomic mass is 10.1. The Balaban J connectivity index is 1.07. The van der Waals surface area contributed by atoms with Crippen LogP contribution >= 0.6 is 0 Å². The molecule has 0 aromatic carbocycles. The largest absolute Gasteiger partial charge is 0.346 e. The average Bonchev–Trinajstić information content (AvgIpc) is 3.43. The second-order valence-electron chi connectivity index (χ2n) is 8.31. The monoisotopic (exact) mass is 441 g/mol. The first-order chi connectivity index (χ1) is 16.2. The van der Waals surface area contributed by atoms with Crippen LogP contribution in [0.4, 0.5) is 0 Å². The molecule has 1 fully saturated rings. The third kappa shape index (κ3) is 5.03. The quantitative estimate of drug-likeness (QED) is 0.381. The lowest BCUT2D eigenvalue weighted by molar-refractivity contribution is 0.0946. The summed E-state index contributed by atoms with van der Waals surface area (Å²) < 4.78 is 1.68. The number of fused-ring (bicyclic) bond motifs is 1. The Kier molecular flexibility index (Phi) is 5.76. The molecule has 2 N–H and O–H groups in total. The van der Waals surface area contributed by atoms with Gasteiger partial charge in [-0.05, 0) is 61.8 Å². The van der Waals surface area contributed by atoms with Crippen molar-refractivity contribution in [3.05, 3.63) is 65.0 Å². The number of amides is 1.